The number of amides is 1. The minimum atomic E-state index is -0.238. The maximum Gasteiger partial charge on any atom is 0.282 e. The fourth-order valence-electron chi connectivity index (χ4n) is 2.15. The molecule has 1 atom stereocenters. The maximum absolute atomic E-state index is 12.0. The number of hydrogen-bond acceptors (Lipinski definition) is 5. The SMILES string of the molecule is O=C(NC1CCCc2occc21)c1nnc(Cl)s1. The lowest BCUT2D eigenvalue weighted by atomic mass is 9.93. The topological polar surface area (TPSA) is 68.0 Å². The lowest BCUT2D eigenvalue weighted by Crippen LogP contribution is -2.30. The molecule has 5 nitrogen and oxygen atoms in total. The lowest BCUT2D eigenvalue weighted by molar-refractivity contribution is 0.0931. The van der Waals surface area contributed by atoms with Gasteiger partial charge in [0, 0.05) is 12.0 Å². The number of fused-ring (bicyclic) bond motifs is 1. The standard InChI is InChI=1S/C11H10ClN3O2S/c12-11-15-14-10(18-11)9(16)13-7-2-1-3-8-6(7)4-5-17-8/h4-5,7H,1-3H2,(H,13,16). The van der Waals surface area contributed by atoms with E-state index in [0.717, 1.165) is 41.9 Å². The minimum absolute atomic E-state index is 0.0114. The first-order valence-corrected chi connectivity index (χ1v) is 6.79. The van der Waals surface area contributed by atoms with Crippen molar-refractivity contribution in [3.63, 3.8) is 0 Å². The zero-order valence-corrected chi connectivity index (χ0v) is 10.9. The molecule has 18 heavy (non-hydrogen) atoms. The molecule has 0 aromatic carbocycles. The van der Waals surface area contributed by atoms with Crippen LogP contribution in [0.4, 0.5) is 0 Å². The highest BCUT2D eigenvalue weighted by Gasteiger charge is 2.25. The number of furan rings is 1. The molecule has 2 aromatic rings. The van der Waals surface area contributed by atoms with Crippen LogP contribution in [0.5, 0.6) is 0 Å². The molecule has 0 bridgehead atoms. The van der Waals surface area contributed by atoms with Gasteiger partial charge in [0.2, 0.25) is 9.47 Å². The number of nitrogens with one attached hydrogen (secondary N) is 1. The second-order valence-corrected chi connectivity index (χ2v) is 5.64. The van der Waals surface area contributed by atoms with Crippen molar-refractivity contribution < 1.29 is 9.21 Å². The second-order valence-electron chi connectivity index (χ2n) is 4.08. The summed E-state index contributed by atoms with van der Waals surface area (Å²) < 4.78 is 5.65. The molecule has 2 heterocycles. The van der Waals surface area contributed by atoms with E-state index in [2.05, 4.69) is 15.5 Å². The first-order chi connectivity index (χ1) is 8.74. The molecule has 0 saturated carbocycles. The molecule has 2 aromatic heterocycles. The Kier molecular flexibility index (Phi) is 3.05. The van der Waals surface area contributed by atoms with Crippen LogP contribution in [0.2, 0.25) is 4.47 Å². The summed E-state index contributed by atoms with van der Waals surface area (Å²) in [6.45, 7) is 0. The van der Waals surface area contributed by atoms with Crippen LogP contribution in [0.25, 0.3) is 0 Å². The van der Waals surface area contributed by atoms with Gasteiger partial charge in [-0.1, -0.05) is 11.3 Å². The summed E-state index contributed by atoms with van der Waals surface area (Å²) in [7, 11) is 0. The van der Waals surface area contributed by atoms with E-state index in [1.165, 1.54) is 0 Å². The molecule has 1 unspecified atom stereocenters. The van der Waals surface area contributed by atoms with Gasteiger partial charge in [-0.3, -0.25) is 4.79 Å². The summed E-state index contributed by atoms with van der Waals surface area (Å²) in [5.41, 5.74) is 1.06. The summed E-state index contributed by atoms with van der Waals surface area (Å²) in [5, 5.41) is 10.6. The van der Waals surface area contributed by atoms with Crippen molar-refractivity contribution in [1.82, 2.24) is 15.5 Å². The van der Waals surface area contributed by atoms with E-state index < -0.39 is 0 Å². The minimum Gasteiger partial charge on any atom is -0.469 e. The quantitative estimate of drug-likeness (QED) is 0.920. The van der Waals surface area contributed by atoms with Crippen LogP contribution in [-0.4, -0.2) is 16.1 Å². The highest BCUT2D eigenvalue weighted by atomic mass is 35.5. The summed E-state index contributed by atoms with van der Waals surface area (Å²) >= 11 is 6.74. The predicted octanol–water partition coefficient (Wildman–Crippen LogP) is 2.59. The van der Waals surface area contributed by atoms with Crippen molar-refractivity contribution in [1.29, 1.82) is 0 Å². The smallest absolute Gasteiger partial charge is 0.282 e. The average Bonchev–Trinajstić information content (AvgIpc) is 2.97. The molecule has 1 aliphatic carbocycles. The number of aromatic nitrogens is 2. The molecular formula is C11H10ClN3O2S. The zero-order valence-electron chi connectivity index (χ0n) is 9.35. The Morgan fingerprint density at radius 3 is 3.22 bits per heavy atom. The number of halogens is 1. The van der Waals surface area contributed by atoms with Crippen molar-refractivity contribution in [3.05, 3.63) is 33.1 Å². The van der Waals surface area contributed by atoms with Gasteiger partial charge in [0.05, 0.1) is 12.3 Å². The summed E-state index contributed by atoms with van der Waals surface area (Å²) in [6, 6.07) is 1.90. The van der Waals surface area contributed by atoms with Gasteiger partial charge >= 0.3 is 0 Å². The zero-order chi connectivity index (χ0) is 12.5. The first kappa shape index (κ1) is 11.7. The molecule has 0 saturated heterocycles. The maximum atomic E-state index is 12.0. The molecule has 1 N–H and O–H groups in total. The van der Waals surface area contributed by atoms with Crippen molar-refractivity contribution in [2.45, 2.75) is 25.3 Å². The largest absolute Gasteiger partial charge is 0.469 e. The Balaban J connectivity index is 1.77. The molecule has 0 radical (unpaired) electrons. The normalized spacial score (nSPS) is 18.4. The molecular weight excluding hydrogens is 274 g/mol. The Morgan fingerprint density at radius 1 is 1.56 bits per heavy atom. The third-order valence-corrected chi connectivity index (χ3v) is 3.97. The third kappa shape index (κ3) is 2.13. The summed E-state index contributed by atoms with van der Waals surface area (Å²) in [6.07, 6.45) is 4.50. The van der Waals surface area contributed by atoms with Gasteiger partial charge in [0.15, 0.2) is 0 Å². The Morgan fingerprint density at radius 2 is 2.44 bits per heavy atom. The average molecular weight is 284 g/mol. The molecule has 94 valence electrons. The van der Waals surface area contributed by atoms with Crippen LogP contribution in [0.1, 0.15) is 40.0 Å². The Hall–Kier alpha value is -1.40. The first-order valence-electron chi connectivity index (χ1n) is 5.60. The van der Waals surface area contributed by atoms with Gasteiger partial charge in [-0.2, -0.15) is 0 Å². The number of aryl methyl sites for hydroxylation is 1. The van der Waals surface area contributed by atoms with Gasteiger partial charge < -0.3 is 9.73 Å². The molecule has 3 rings (SSSR count). The molecule has 0 spiro atoms. The van der Waals surface area contributed by atoms with Crippen LogP contribution in [-0.2, 0) is 6.42 Å². The molecule has 1 amide bonds. The van der Waals surface area contributed by atoms with E-state index in [4.69, 9.17) is 16.0 Å². The predicted molar refractivity (Wildman–Crippen MR) is 66.8 cm³/mol. The lowest BCUT2D eigenvalue weighted by Gasteiger charge is -2.22. The van der Waals surface area contributed by atoms with Crippen molar-refractivity contribution >= 4 is 28.8 Å². The Bertz CT molecular complexity index is 580. The van der Waals surface area contributed by atoms with Gasteiger partial charge in [-0.05, 0) is 30.5 Å². The van der Waals surface area contributed by atoms with E-state index in [1.807, 2.05) is 6.07 Å². The monoisotopic (exact) mass is 283 g/mol. The highest BCUT2D eigenvalue weighted by molar-refractivity contribution is 7.17. The van der Waals surface area contributed by atoms with Crippen LogP contribution >= 0.6 is 22.9 Å². The van der Waals surface area contributed by atoms with E-state index >= 15 is 0 Å². The van der Waals surface area contributed by atoms with Crippen molar-refractivity contribution in [2.75, 3.05) is 0 Å². The van der Waals surface area contributed by atoms with E-state index in [0.29, 0.717) is 0 Å². The van der Waals surface area contributed by atoms with E-state index in [9.17, 15) is 4.79 Å². The number of hydrogen-bond donors (Lipinski definition) is 1. The summed E-state index contributed by atoms with van der Waals surface area (Å²) in [5.74, 6) is 0.722. The van der Waals surface area contributed by atoms with Gasteiger partial charge in [0.25, 0.3) is 5.91 Å². The van der Waals surface area contributed by atoms with Crippen molar-refractivity contribution in [3.8, 4) is 0 Å². The van der Waals surface area contributed by atoms with Crippen LogP contribution < -0.4 is 5.32 Å². The number of rotatable bonds is 2. The van der Waals surface area contributed by atoms with Crippen LogP contribution in [0.3, 0.4) is 0 Å². The number of carbonyl (C=O) groups is 1. The van der Waals surface area contributed by atoms with Crippen LogP contribution in [0.15, 0.2) is 16.7 Å². The third-order valence-electron chi connectivity index (χ3n) is 2.95. The second kappa shape index (κ2) is 4.70. The van der Waals surface area contributed by atoms with Gasteiger partial charge in [-0.25, -0.2) is 0 Å². The van der Waals surface area contributed by atoms with Crippen LogP contribution in [0, 0.1) is 0 Å². The fraction of sp³-hybridized carbons (Fsp3) is 0.364. The van der Waals surface area contributed by atoms with E-state index in [1.54, 1.807) is 6.26 Å². The van der Waals surface area contributed by atoms with Gasteiger partial charge in [-0.15, -0.1) is 10.2 Å². The fourth-order valence-corrected chi connectivity index (χ4v) is 2.88. The number of nitrogens with zero attached hydrogens (tertiary/aromatic N) is 2. The molecule has 1 aliphatic rings. The summed E-state index contributed by atoms with van der Waals surface area (Å²) in [4.78, 5) is 12.0. The number of carbonyl (C=O) groups excluding carboxylic acids is 1. The molecule has 0 aliphatic heterocycles. The molecule has 7 heteroatoms. The van der Waals surface area contributed by atoms with E-state index in [-0.39, 0.29) is 21.4 Å². The van der Waals surface area contributed by atoms with Crippen molar-refractivity contribution in [2.24, 2.45) is 0 Å². The van der Waals surface area contributed by atoms with Gasteiger partial charge in [0.1, 0.15) is 5.76 Å². The Labute approximate surface area is 112 Å². The highest BCUT2D eigenvalue weighted by Crippen LogP contribution is 2.30. The molecule has 0 fully saturated rings.